The molecule has 6 nitrogen and oxygen atoms in total. The largest absolute Gasteiger partial charge is 0.514 e. The molecule has 6 heteroatoms. The molecule has 1 aromatic rings. The van der Waals surface area contributed by atoms with Crippen molar-refractivity contribution in [2.24, 2.45) is 5.92 Å². The Kier molecular flexibility index (Phi) is 5.69. The van der Waals surface area contributed by atoms with Crippen LogP contribution in [0.3, 0.4) is 0 Å². The molecule has 2 aliphatic rings. The van der Waals surface area contributed by atoms with Gasteiger partial charge in [-0.2, -0.15) is 4.79 Å². The molecule has 1 heterocycles. The molecule has 2 atom stereocenters. The standard InChI is InChI=1S/C23H34N2O4/c1-17(2)13-19-14-24(20(26)29-15-18-9-7-6-8-10-18)23(11-12-23)16-25(19,21(27)28)22(3,4)5/h6-10,17,19H,11-16H2,1-5H3/p+1/t19-,25?/m1/s1. The minimum absolute atomic E-state index is 0.00758. The van der Waals surface area contributed by atoms with Crippen molar-refractivity contribution in [3.8, 4) is 0 Å². The normalized spacial score (nSPS) is 25.9. The molecule has 0 aromatic heterocycles. The molecule has 2 fully saturated rings. The average Bonchev–Trinajstić information content (AvgIpc) is 3.40. The number of amides is 2. The van der Waals surface area contributed by atoms with Gasteiger partial charge in [-0.1, -0.05) is 44.2 Å². The maximum absolute atomic E-state index is 13.0. The van der Waals surface area contributed by atoms with Gasteiger partial charge in [0.2, 0.25) is 0 Å². The summed E-state index contributed by atoms with van der Waals surface area (Å²) < 4.78 is 5.65. The van der Waals surface area contributed by atoms with Crippen LogP contribution in [0.4, 0.5) is 9.59 Å². The van der Waals surface area contributed by atoms with Gasteiger partial charge in [-0.15, -0.1) is 0 Å². The van der Waals surface area contributed by atoms with Crippen LogP contribution in [-0.2, 0) is 11.3 Å². The Balaban J connectivity index is 1.86. The number of carbonyl (C=O) groups is 2. The first-order valence-corrected chi connectivity index (χ1v) is 10.6. The molecule has 1 saturated carbocycles. The Morgan fingerprint density at radius 2 is 1.86 bits per heavy atom. The minimum atomic E-state index is -0.785. The summed E-state index contributed by atoms with van der Waals surface area (Å²) in [6.45, 7) is 11.4. The third-order valence-corrected chi connectivity index (χ3v) is 6.67. The molecule has 1 spiro atoms. The van der Waals surface area contributed by atoms with Gasteiger partial charge in [0.1, 0.15) is 24.7 Å². The van der Waals surface area contributed by atoms with E-state index in [1.165, 1.54) is 0 Å². The van der Waals surface area contributed by atoms with Crippen molar-refractivity contribution in [1.82, 2.24) is 4.90 Å². The topological polar surface area (TPSA) is 66.8 Å². The number of rotatable bonds is 4. The summed E-state index contributed by atoms with van der Waals surface area (Å²) >= 11 is 0. The average molecular weight is 404 g/mol. The van der Waals surface area contributed by atoms with Crippen LogP contribution < -0.4 is 0 Å². The molecule has 1 aromatic carbocycles. The van der Waals surface area contributed by atoms with E-state index in [0.717, 1.165) is 24.8 Å². The van der Waals surface area contributed by atoms with Gasteiger partial charge in [0, 0.05) is 6.42 Å². The van der Waals surface area contributed by atoms with Gasteiger partial charge < -0.3 is 9.84 Å². The van der Waals surface area contributed by atoms with E-state index in [1.807, 2.05) is 56.0 Å². The van der Waals surface area contributed by atoms with E-state index in [-0.39, 0.29) is 23.2 Å². The van der Waals surface area contributed by atoms with Gasteiger partial charge in [-0.25, -0.2) is 9.28 Å². The molecule has 29 heavy (non-hydrogen) atoms. The highest BCUT2D eigenvalue weighted by molar-refractivity contribution is 5.70. The third-order valence-electron chi connectivity index (χ3n) is 6.67. The van der Waals surface area contributed by atoms with E-state index in [0.29, 0.717) is 19.0 Å². The van der Waals surface area contributed by atoms with Crippen molar-refractivity contribution in [2.75, 3.05) is 13.1 Å². The Bertz CT molecular complexity index is 752. The predicted molar refractivity (Wildman–Crippen MR) is 111 cm³/mol. The maximum atomic E-state index is 13.0. The van der Waals surface area contributed by atoms with Gasteiger partial charge in [0.25, 0.3) is 0 Å². The summed E-state index contributed by atoms with van der Waals surface area (Å²) in [6, 6.07) is 9.48. The highest BCUT2D eigenvalue weighted by atomic mass is 16.6. The Labute approximate surface area is 174 Å². The number of benzene rings is 1. The Morgan fingerprint density at radius 3 is 2.34 bits per heavy atom. The van der Waals surface area contributed by atoms with Crippen LogP contribution >= 0.6 is 0 Å². The van der Waals surface area contributed by atoms with E-state index in [2.05, 4.69) is 13.8 Å². The molecule has 0 radical (unpaired) electrons. The molecule has 160 valence electrons. The van der Waals surface area contributed by atoms with E-state index < -0.39 is 17.2 Å². The Morgan fingerprint density at radius 1 is 1.24 bits per heavy atom. The lowest BCUT2D eigenvalue weighted by molar-refractivity contribution is -0.935. The van der Waals surface area contributed by atoms with Crippen LogP contribution in [0.1, 0.15) is 59.4 Å². The second kappa shape index (κ2) is 7.63. The van der Waals surface area contributed by atoms with Gasteiger partial charge in [-0.05, 0) is 45.1 Å². The number of hydrogen-bond acceptors (Lipinski definition) is 3. The van der Waals surface area contributed by atoms with Crippen LogP contribution in [0.5, 0.6) is 0 Å². The highest BCUT2D eigenvalue weighted by Crippen LogP contribution is 2.51. The maximum Gasteiger partial charge on any atom is 0.514 e. The third kappa shape index (κ3) is 4.00. The zero-order valence-corrected chi connectivity index (χ0v) is 18.4. The van der Waals surface area contributed by atoms with Crippen molar-refractivity contribution in [2.45, 2.75) is 77.6 Å². The quantitative estimate of drug-likeness (QED) is 0.728. The highest BCUT2D eigenvalue weighted by Gasteiger charge is 2.68. The fraction of sp³-hybridized carbons (Fsp3) is 0.652. The second-order valence-corrected chi connectivity index (χ2v) is 10.1. The molecule has 1 N–H and O–H groups in total. The van der Waals surface area contributed by atoms with Crippen molar-refractivity contribution in [1.29, 1.82) is 0 Å². The monoisotopic (exact) mass is 403 g/mol. The molecule has 3 rings (SSSR count). The van der Waals surface area contributed by atoms with Crippen LogP contribution in [0.2, 0.25) is 0 Å². The van der Waals surface area contributed by atoms with E-state index in [1.54, 1.807) is 0 Å². The smallest absolute Gasteiger partial charge is 0.445 e. The molecule has 2 amide bonds. The first-order chi connectivity index (χ1) is 13.5. The molecule has 1 saturated heterocycles. The van der Waals surface area contributed by atoms with Crippen molar-refractivity contribution < 1.29 is 23.9 Å². The summed E-state index contributed by atoms with van der Waals surface area (Å²) in [6.07, 6.45) is 1.32. The van der Waals surface area contributed by atoms with Crippen molar-refractivity contribution in [3.63, 3.8) is 0 Å². The summed E-state index contributed by atoms with van der Waals surface area (Å²) in [5, 5.41) is 10.4. The molecule has 1 aliphatic carbocycles. The zero-order valence-electron chi connectivity index (χ0n) is 18.4. The summed E-state index contributed by atoms with van der Waals surface area (Å²) in [7, 11) is 0. The number of nitrogens with zero attached hydrogens (tertiary/aromatic N) is 2. The SMILES string of the molecule is CC(C)C[C@@H]1CN(C(=O)OCc2ccccc2)C2(CC2)C[N+]1(C(=O)O)C(C)(C)C. The molecule has 1 aliphatic heterocycles. The molecule has 0 bridgehead atoms. The van der Waals surface area contributed by atoms with E-state index >= 15 is 0 Å². The molecular formula is C23H35N2O4+. The summed E-state index contributed by atoms with van der Waals surface area (Å²) in [5.41, 5.74) is 0.0975. The van der Waals surface area contributed by atoms with Crippen molar-refractivity contribution >= 4 is 12.2 Å². The molecular weight excluding hydrogens is 368 g/mol. The predicted octanol–water partition coefficient (Wildman–Crippen LogP) is 4.88. The fourth-order valence-corrected chi connectivity index (χ4v) is 4.95. The lowest BCUT2D eigenvalue weighted by Crippen LogP contribution is -2.78. The number of piperazine rings is 1. The number of carboxylic acid groups (broad SMARTS) is 1. The number of ether oxygens (including phenoxy) is 1. The van der Waals surface area contributed by atoms with Crippen LogP contribution in [0, 0.1) is 5.92 Å². The lowest BCUT2D eigenvalue weighted by Gasteiger charge is -2.56. The van der Waals surface area contributed by atoms with Gasteiger partial charge in [0.05, 0.1) is 12.1 Å². The molecule has 1 unspecified atom stereocenters. The summed E-state index contributed by atoms with van der Waals surface area (Å²) in [4.78, 5) is 27.5. The lowest BCUT2D eigenvalue weighted by atomic mass is 9.87. The minimum Gasteiger partial charge on any atom is -0.445 e. The number of carbonyl (C=O) groups excluding carboxylic acids is 1. The van der Waals surface area contributed by atoms with E-state index in [9.17, 15) is 14.7 Å². The van der Waals surface area contributed by atoms with Crippen LogP contribution in [0.15, 0.2) is 30.3 Å². The first-order valence-electron chi connectivity index (χ1n) is 10.6. The zero-order chi connectivity index (χ0) is 21.4. The van der Waals surface area contributed by atoms with Crippen LogP contribution in [0.25, 0.3) is 0 Å². The summed E-state index contributed by atoms with van der Waals surface area (Å²) in [5.74, 6) is 0.342. The van der Waals surface area contributed by atoms with Gasteiger partial charge in [-0.3, -0.25) is 4.90 Å². The van der Waals surface area contributed by atoms with Crippen LogP contribution in [-0.4, -0.2) is 56.9 Å². The second-order valence-electron chi connectivity index (χ2n) is 10.1. The van der Waals surface area contributed by atoms with Gasteiger partial charge in [0.15, 0.2) is 0 Å². The van der Waals surface area contributed by atoms with Gasteiger partial charge >= 0.3 is 12.2 Å². The van der Waals surface area contributed by atoms with Crippen molar-refractivity contribution in [3.05, 3.63) is 35.9 Å². The first kappa shape index (κ1) is 21.6. The fourth-order valence-electron chi connectivity index (χ4n) is 4.95. The Hall–Kier alpha value is -2.08. The number of quaternary nitrogens is 1. The van der Waals surface area contributed by atoms with E-state index in [4.69, 9.17) is 4.74 Å². The number of hydrogen-bond donors (Lipinski definition) is 1.